The lowest BCUT2D eigenvalue weighted by Gasteiger charge is -2.34. The minimum atomic E-state index is -0.476. The number of nitrogens with one attached hydrogen (secondary N) is 1. The molecule has 1 saturated heterocycles. The van der Waals surface area contributed by atoms with Gasteiger partial charge in [-0.2, -0.15) is 0 Å². The number of aryl methyl sites for hydroxylation is 1. The number of carbonyl (C=O) groups is 1. The van der Waals surface area contributed by atoms with Gasteiger partial charge >= 0.3 is 0 Å². The van der Waals surface area contributed by atoms with E-state index in [4.69, 9.17) is 0 Å². The fraction of sp³-hybridized carbons (Fsp3) is 0.400. The first-order valence-electron chi connectivity index (χ1n) is 7.79. The Balaban J connectivity index is 1.89. The predicted octanol–water partition coefficient (Wildman–Crippen LogP) is 1.31. The Labute approximate surface area is 148 Å². The molecule has 1 unspecified atom stereocenters. The van der Waals surface area contributed by atoms with Gasteiger partial charge in [0.1, 0.15) is 6.33 Å². The van der Waals surface area contributed by atoms with Gasteiger partial charge in [0.05, 0.1) is 9.82 Å². The zero-order valence-corrected chi connectivity index (χ0v) is 14.7. The van der Waals surface area contributed by atoms with E-state index in [2.05, 4.69) is 15.5 Å². The number of benzene rings is 1. The summed E-state index contributed by atoms with van der Waals surface area (Å²) in [5, 5.41) is 22.9. The summed E-state index contributed by atoms with van der Waals surface area (Å²) in [6.45, 7) is 3.98. The Bertz CT molecular complexity index is 808. The first-order chi connectivity index (χ1) is 12.0. The van der Waals surface area contributed by atoms with Gasteiger partial charge < -0.3 is 14.8 Å². The average molecular weight is 362 g/mol. The lowest BCUT2D eigenvalue weighted by atomic mass is 10.1. The second-order valence-electron chi connectivity index (χ2n) is 5.82. The van der Waals surface area contributed by atoms with Crippen molar-refractivity contribution < 1.29 is 9.72 Å². The van der Waals surface area contributed by atoms with E-state index < -0.39 is 4.92 Å². The molecule has 9 nitrogen and oxygen atoms in total. The van der Waals surface area contributed by atoms with E-state index in [9.17, 15) is 14.9 Å². The summed E-state index contributed by atoms with van der Waals surface area (Å²) in [6, 6.07) is 4.61. The molecule has 1 fully saturated rings. The number of aromatic nitrogens is 3. The molecule has 1 aromatic carbocycles. The van der Waals surface area contributed by atoms with E-state index in [1.807, 2.05) is 6.92 Å². The summed E-state index contributed by atoms with van der Waals surface area (Å²) in [5.74, 6) is -0.188. The number of hydrogen-bond acceptors (Lipinski definition) is 7. The zero-order chi connectivity index (χ0) is 18.0. The number of rotatable bonds is 4. The molecule has 0 radical (unpaired) electrons. The van der Waals surface area contributed by atoms with Crippen molar-refractivity contribution >= 4 is 23.4 Å². The lowest BCUT2D eigenvalue weighted by Crippen LogP contribution is -2.52. The molecule has 3 rings (SSSR count). The van der Waals surface area contributed by atoms with Crippen LogP contribution in [0.15, 0.2) is 34.6 Å². The molecular weight excluding hydrogens is 344 g/mol. The van der Waals surface area contributed by atoms with Crippen LogP contribution in [-0.2, 0) is 7.05 Å². The summed E-state index contributed by atoms with van der Waals surface area (Å²) in [4.78, 5) is 25.9. The molecule has 25 heavy (non-hydrogen) atoms. The Morgan fingerprint density at radius 3 is 2.92 bits per heavy atom. The van der Waals surface area contributed by atoms with Crippen molar-refractivity contribution in [2.75, 3.05) is 19.6 Å². The van der Waals surface area contributed by atoms with Crippen molar-refractivity contribution in [2.45, 2.75) is 23.0 Å². The maximum Gasteiger partial charge on any atom is 0.284 e. The summed E-state index contributed by atoms with van der Waals surface area (Å²) in [6.07, 6.45) is 1.53. The van der Waals surface area contributed by atoms with E-state index in [0.29, 0.717) is 28.7 Å². The quantitative estimate of drug-likeness (QED) is 0.645. The molecular formula is C15H18N6O3S. The molecule has 132 valence electrons. The first-order valence-corrected chi connectivity index (χ1v) is 8.61. The number of carbonyl (C=O) groups excluding carboxylic acids is 1. The lowest BCUT2D eigenvalue weighted by molar-refractivity contribution is -0.387. The Morgan fingerprint density at radius 1 is 1.48 bits per heavy atom. The highest BCUT2D eigenvalue weighted by atomic mass is 32.2. The van der Waals surface area contributed by atoms with Gasteiger partial charge in [0.25, 0.3) is 11.6 Å². The molecule has 1 amide bonds. The van der Waals surface area contributed by atoms with Crippen LogP contribution in [0.25, 0.3) is 0 Å². The van der Waals surface area contributed by atoms with Crippen LogP contribution in [0.4, 0.5) is 5.69 Å². The van der Waals surface area contributed by atoms with Crippen LogP contribution in [0.5, 0.6) is 0 Å². The van der Waals surface area contributed by atoms with Gasteiger partial charge in [-0.3, -0.25) is 14.9 Å². The van der Waals surface area contributed by atoms with Gasteiger partial charge in [-0.25, -0.2) is 0 Å². The highest BCUT2D eigenvalue weighted by Crippen LogP contribution is 2.34. The van der Waals surface area contributed by atoms with Crippen LogP contribution in [0.2, 0.25) is 0 Å². The van der Waals surface area contributed by atoms with E-state index in [0.717, 1.165) is 18.3 Å². The van der Waals surface area contributed by atoms with Crippen LogP contribution in [0.3, 0.4) is 0 Å². The predicted molar refractivity (Wildman–Crippen MR) is 91.6 cm³/mol. The number of amides is 1. The molecule has 10 heteroatoms. The Hall–Kier alpha value is -2.46. The monoisotopic (exact) mass is 362 g/mol. The number of piperazine rings is 1. The number of hydrogen-bond donors (Lipinski definition) is 1. The van der Waals surface area contributed by atoms with Crippen LogP contribution in [-0.4, -0.2) is 56.2 Å². The van der Waals surface area contributed by atoms with Crippen molar-refractivity contribution in [1.82, 2.24) is 25.0 Å². The summed E-state index contributed by atoms with van der Waals surface area (Å²) < 4.78 is 1.68. The molecule has 0 aliphatic carbocycles. The fourth-order valence-corrected chi connectivity index (χ4v) is 3.50. The third-order valence-corrected chi connectivity index (χ3v) is 5.15. The number of nitrogens with zero attached hydrogens (tertiary/aromatic N) is 5. The first kappa shape index (κ1) is 17.4. The molecule has 0 saturated carbocycles. The molecule has 2 heterocycles. The maximum atomic E-state index is 12.7. The Kier molecular flexibility index (Phi) is 5.00. The van der Waals surface area contributed by atoms with Crippen LogP contribution < -0.4 is 5.32 Å². The summed E-state index contributed by atoms with van der Waals surface area (Å²) >= 11 is 1.15. The van der Waals surface area contributed by atoms with Crippen LogP contribution in [0, 0.1) is 10.1 Å². The fourth-order valence-electron chi connectivity index (χ4n) is 2.65. The highest BCUT2D eigenvalue weighted by Gasteiger charge is 2.26. The van der Waals surface area contributed by atoms with E-state index in [1.165, 1.54) is 12.4 Å². The molecule has 1 aliphatic heterocycles. The molecule has 0 bridgehead atoms. The summed E-state index contributed by atoms with van der Waals surface area (Å²) in [7, 11) is 1.76. The van der Waals surface area contributed by atoms with Gasteiger partial charge in [-0.1, -0.05) is 0 Å². The standard InChI is InChI=1S/C15H18N6O3S/c1-10-8-16-5-6-20(10)14(22)11-3-4-13(12(7-11)21(23)24)25-15-18-17-9-19(15)2/h3-4,7,9-10,16H,5-6,8H2,1-2H3. The second-order valence-corrected chi connectivity index (χ2v) is 6.83. The zero-order valence-electron chi connectivity index (χ0n) is 13.9. The smallest absolute Gasteiger partial charge is 0.284 e. The SMILES string of the molecule is CC1CNCCN1C(=O)c1ccc(Sc2nncn2C)c([N+](=O)[O-])c1. The largest absolute Gasteiger partial charge is 0.333 e. The average Bonchev–Trinajstić information content (AvgIpc) is 3.00. The van der Waals surface area contributed by atoms with Gasteiger partial charge in [0.15, 0.2) is 5.16 Å². The van der Waals surface area contributed by atoms with Crippen molar-refractivity contribution in [1.29, 1.82) is 0 Å². The van der Waals surface area contributed by atoms with E-state index in [1.54, 1.807) is 28.6 Å². The summed E-state index contributed by atoms with van der Waals surface area (Å²) in [5.41, 5.74) is 0.212. The van der Waals surface area contributed by atoms with Crippen molar-refractivity contribution in [2.24, 2.45) is 7.05 Å². The minimum Gasteiger partial charge on any atom is -0.333 e. The third-order valence-electron chi connectivity index (χ3n) is 4.04. The molecule has 1 aliphatic rings. The maximum absolute atomic E-state index is 12.7. The minimum absolute atomic E-state index is 0.0491. The number of nitro benzene ring substituents is 1. The van der Waals surface area contributed by atoms with Crippen molar-refractivity contribution in [3.05, 3.63) is 40.2 Å². The van der Waals surface area contributed by atoms with Crippen LogP contribution >= 0.6 is 11.8 Å². The molecule has 0 spiro atoms. The topological polar surface area (TPSA) is 106 Å². The molecule has 1 atom stereocenters. The normalized spacial score (nSPS) is 17.5. The van der Waals surface area contributed by atoms with Gasteiger partial charge in [0.2, 0.25) is 0 Å². The van der Waals surface area contributed by atoms with Gasteiger partial charge in [-0.15, -0.1) is 10.2 Å². The molecule has 1 N–H and O–H groups in total. The van der Waals surface area contributed by atoms with Gasteiger partial charge in [0, 0.05) is 44.4 Å². The Morgan fingerprint density at radius 2 is 2.28 bits per heavy atom. The van der Waals surface area contributed by atoms with E-state index >= 15 is 0 Å². The second kappa shape index (κ2) is 7.19. The van der Waals surface area contributed by atoms with Crippen molar-refractivity contribution in [3.63, 3.8) is 0 Å². The highest BCUT2D eigenvalue weighted by molar-refractivity contribution is 7.99. The van der Waals surface area contributed by atoms with Gasteiger partial charge in [-0.05, 0) is 30.8 Å². The van der Waals surface area contributed by atoms with Crippen LogP contribution in [0.1, 0.15) is 17.3 Å². The molecule has 2 aromatic rings. The van der Waals surface area contributed by atoms with Crippen molar-refractivity contribution in [3.8, 4) is 0 Å². The molecule has 1 aromatic heterocycles. The number of nitro groups is 1. The van der Waals surface area contributed by atoms with E-state index in [-0.39, 0.29) is 17.6 Å². The third kappa shape index (κ3) is 3.64.